The molecule has 2 heterocycles. The molecule has 0 aromatic heterocycles. The van der Waals surface area contributed by atoms with Gasteiger partial charge in [0.15, 0.2) is 19.7 Å². The number of halogens is 1. The van der Waals surface area contributed by atoms with E-state index in [1.54, 1.807) is 0 Å². The van der Waals surface area contributed by atoms with Gasteiger partial charge < -0.3 is 0 Å². The summed E-state index contributed by atoms with van der Waals surface area (Å²) >= 11 is 0. The maximum absolute atomic E-state index is 13.2. The predicted octanol–water partition coefficient (Wildman–Crippen LogP) is 2.72. The minimum absolute atomic E-state index is 0.0186. The minimum Gasteiger partial charge on any atom is -0.298 e. The van der Waals surface area contributed by atoms with E-state index in [9.17, 15) is 21.2 Å². The van der Waals surface area contributed by atoms with E-state index in [0.29, 0.717) is 19.0 Å². The first kappa shape index (κ1) is 21.5. The lowest BCUT2D eigenvalue weighted by atomic mass is 9.89. The Bertz CT molecular complexity index is 1080. The van der Waals surface area contributed by atoms with Crippen LogP contribution >= 0.6 is 0 Å². The largest absolute Gasteiger partial charge is 0.298 e. The zero-order chi connectivity index (χ0) is 21.4. The molecule has 0 aliphatic carbocycles. The van der Waals surface area contributed by atoms with E-state index in [4.69, 9.17) is 0 Å². The number of piperidine rings is 1. The molecule has 0 saturated carbocycles. The SMILES string of the molecule is O=S1(=O)C[C@H](N2CCC(Cc3ccccc3)CC2)[C@@H](S(=O)(=O)c2ccc(F)cc2)C1. The molecule has 0 spiro atoms. The summed E-state index contributed by atoms with van der Waals surface area (Å²) in [6.45, 7) is 1.38. The molecule has 0 radical (unpaired) electrons. The summed E-state index contributed by atoms with van der Waals surface area (Å²) in [6, 6.07) is 14.4. The molecular formula is C22H26FNO4S2. The molecule has 0 N–H and O–H groups in total. The third kappa shape index (κ3) is 4.60. The topological polar surface area (TPSA) is 71.5 Å². The maximum Gasteiger partial charge on any atom is 0.183 e. The van der Waals surface area contributed by atoms with E-state index in [1.165, 1.54) is 17.7 Å². The van der Waals surface area contributed by atoms with Crippen molar-refractivity contribution in [3.63, 3.8) is 0 Å². The molecule has 2 fully saturated rings. The molecule has 30 heavy (non-hydrogen) atoms. The average Bonchev–Trinajstić information content (AvgIpc) is 3.06. The summed E-state index contributed by atoms with van der Waals surface area (Å²) < 4.78 is 64.4. The highest BCUT2D eigenvalue weighted by molar-refractivity contribution is 7.96. The third-order valence-corrected chi connectivity index (χ3v) is 10.4. The van der Waals surface area contributed by atoms with Gasteiger partial charge in [-0.05, 0) is 68.1 Å². The molecule has 5 nitrogen and oxygen atoms in total. The fourth-order valence-corrected chi connectivity index (χ4v) is 9.50. The Morgan fingerprint density at radius 1 is 0.933 bits per heavy atom. The van der Waals surface area contributed by atoms with Gasteiger partial charge in [0.25, 0.3) is 0 Å². The Morgan fingerprint density at radius 2 is 1.57 bits per heavy atom. The van der Waals surface area contributed by atoms with Crippen molar-refractivity contribution in [3.05, 3.63) is 66.0 Å². The summed E-state index contributed by atoms with van der Waals surface area (Å²) in [6.07, 6.45) is 2.80. The number of hydrogen-bond donors (Lipinski definition) is 0. The molecule has 2 aromatic carbocycles. The Morgan fingerprint density at radius 3 is 2.20 bits per heavy atom. The first-order chi connectivity index (χ1) is 14.2. The Labute approximate surface area is 177 Å². The van der Waals surface area contributed by atoms with Crippen LogP contribution < -0.4 is 0 Å². The molecule has 2 aromatic rings. The summed E-state index contributed by atoms with van der Waals surface area (Å²) in [5.41, 5.74) is 1.29. The molecule has 2 atom stereocenters. The van der Waals surface area contributed by atoms with Crippen LogP contribution in [0.1, 0.15) is 18.4 Å². The van der Waals surface area contributed by atoms with Gasteiger partial charge in [-0.15, -0.1) is 0 Å². The van der Waals surface area contributed by atoms with Gasteiger partial charge in [-0.2, -0.15) is 0 Å². The second-order valence-corrected chi connectivity index (χ2v) is 12.7. The van der Waals surface area contributed by atoms with Gasteiger partial charge in [-0.3, -0.25) is 4.90 Å². The number of rotatable bonds is 5. The molecule has 162 valence electrons. The van der Waals surface area contributed by atoms with E-state index < -0.39 is 36.8 Å². The highest BCUT2D eigenvalue weighted by Crippen LogP contribution is 2.32. The molecule has 0 unspecified atom stereocenters. The van der Waals surface area contributed by atoms with Crippen molar-refractivity contribution < 1.29 is 21.2 Å². The highest BCUT2D eigenvalue weighted by atomic mass is 32.2. The molecule has 8 heteroatoms. The van der Waals surface area contributed by atoms with Crippen molar-refractivity contribution in [2.75, 3.05) is 24.6 Å². The molecular weight excluding hydrogens is 425 g/mol. The average molecular weight is 452 g/mol. The normalized spacial score (nSPS) is 25.4. The van der Waals surface area contributed by atoms with E-state index in [-0.39, 0.29) is 16.4 Å². The summed E-state index contributed by atoms with van der Waals surface area (Å²) in [4.78, 5) is 2.02. The van der Waals surface area contributed by atoms with Gasteiger partial charge >= 0.3 is 0 Å². The van der Waals surface area contributed by atoms with Crippen LogP contribution in [-0.4, -0.2) is 57.6 Å². The first-order valence-corrected chi connectivity index (χ1v) is 13.6. The van der Waals surface area contributed by atoms with Crippen LogP contribution in [0, 0.1) is 11.7 Å². The molecule has 0 amide bonds. The van der Waals surface area contributed by atoms with Crippen LogP contribution in [0.3, 0.4) is 0 Å². The van der Waals surface area contributed by atoms with Crippen LogP contribution in [0.5, 0.6) is 0 Å². The van der Waals surface area contributed by atoms with Gasteiger partial charge in [0, 0.05) is 6.04 Å². The number of benzene rings is 2. The summed E-state index contributed by atoms with van der Waals surface area (Å²) in [7, 11) is -7.32. The Balaban J connectivity index is 1.49. The first-order valence-electron chi connectivity index (χ1n) is 10.2. The monoisotopic (exact) mass is 451 g/mol. The van der Waals surface area contributed by atoms with Crippen molar-refractivity contribution in [3.8, 4) is 0 Å². The number of sulfone groups is 2. The summed E-state index contributed by atoms with van der Waals surface area (Å²) in [5, 5.41) is -1.02. The van der Waals surface area contributed by atoms with E-state index in [1.807, 2.05) is 23.1 Å². The van der Waals surface area contributed by atoms with Crippen molar-refractivity contribution in [1.29, 1.82) is 0 Å². The standard InChI is InChI=1S/C22H26FNO4S2/c23-19-6-8-20(9-7-19)30(27,28)22-16-29(25,26)15-21(22)24-12-10-18(11-13-24)14-17-4-2-1-3-5-17/h1-9,18,21-22H,10-16H2/t21-,22-/m0/s1. The van der Waals surface area contributed by atoms with Gasteiger partial charge in [-0.25, -0.2) is 21.2 Å². The van der Waals surface area contributed by atoms with Crippen LogP contribution in [-0.2, 0) is 26.1 Å². The second kappa shape index (κ2) is 8.40. The highest BCUT2D eigenvalue weighted by Gasteiger charge is 2.48. The van der Waals surface area contributed by atoms with Crippen molar-refractivity contribution in [2.24, 2.45) is 5.92 Å². The lowest BCUT2D eigenvalue weighted by molar-refractivity contribution is 0.144. The van der Waals surface area contributed by atoms with Gasteiger partial charge in [-0.1, -0.05) is 30.3 Å². The molecule has 0 bridgehead atoms. The van der Waals surface area contributed by atoms with Crippen LogP contribution in [0.2, 0.25) is 0 Å². The fraction of sp³-hybridized carbons (Fsp3) is 0.455. The fourth-order valence-electron chi connectivity index (χ4n) is 4.67. The lowest BCUT2D eigenvalue weighted by Gasteiger charge is -2.37. The smallest absolute Gasteiger partial charge is 0.183 e. The predicted molar refractivity (Wildman–Crippen MR) is 114 cm³/mol. The third-order valence-electron chi connectivity index (χ3n) is 6.30. The van der Waals surface area contributed by atoms with Crippen molar-refractivity contribution >= 4 is 19.7 Å². The van der Waals surface area contributed by atoms with Crippen molar-refractivity contribution in [1.82, 2.24) is 4.90 Å². The minimum atomic E-state index is -3.87. The second-order valence-electron chi connectivity index (χ2n) is 8.35. The van der Waals surface area contributed by atoms with Crippen LogP contribution in [0.15, 0.2) is 59.5 Å². The Hall–Kier alpha value is -1.77. The number of hydrogen-bond acceptors (Lipinski definition) is 5. The van der Waals surface area contributed by atoms with Crippen LogP contribution in [0.4, 0.5) is 4.39 Å². The van der Waals surface area contributed by atoms with E-state index >= 15 is 0 Å². The summed E-state index contributed by atoms with van der Waals surface area (Å²) in [5.74, 6) is -0.526. The van der Waals surface area contributed by atoms with Crippen LogP contribution in [0.25, 0.3) is 0 Å². The van der Waals surface area contributed by atoms with Crippen molar-refractivity contribution in [2.45, 2.75) is 35.4 Å². The van der Waals surface area contributed by atoms with Gasteiger partial charge in [0.2, 0.25) is 0 Å². The number of likely N-dealkylation sites (tertiary alicyclic amines) is 1. The lowest BCUT2D eigenvalue weighted by Crippen LogP contribution is -2.49. The van der Waals surface area contributed by atoms with Gasteiger partial charge in [0.1, 0.15) is 5.82 Å². The molecule has 4 rings (SSSR count). The zero-order valence-corrected chi connectivity index (χ0v) is 18.3. The molecule has 2 aliphatic heterocycles. The van der Waals surface area contributed by atoms with Gasteiger partial charge in [0.05, 0.1) is 21.7 Å². The quantitative estimate of drug-likeness (QED) is 0.654. The molecule has 2 saturated heterocycles. The Kier molecular flexibility index (Phi) is 6.01. The van der Waals surface area contributed by atoms with E-state index in [2.05, 4.69) is 12.1 Å². The van der Waals surface area contributed by atoms with E-state index in [0.717, 1.165) is 31.4 Å². The zero-order valence-electron chi connectivity index (χ0n) is 16.7. The molecule has 2 aliphatic rings. The maximum atomic E-state index is 13.2. The number of nitrogens with zero attached hydrogens (tertiary/aromatic N) is 1.